The number of benzene rings is 2. The van der Waals surface area contributed by atoms with Crippen LogP contribution in [0.4, 0.5) is 5.82 Å². The molecule has 0 unspecified atom stereocenters. The van der Waals surface area contributed by atoms with Crippen LogP contribution in [0.1, 0.15) is 29.4 Å². The number of nitrogens with zero attached hydrogens (tertiary/aromatic N) is 5. The van der Waals surface area contributed by atoms with E-state index in [-0.39, 0.29) is 5.91 Å². The summed E-state index contributed by atoms with van der Waals surface area (Å²) >= 11 is 0. The van der Waals surface area contributed by atoms with Gasteiger partial charge in [0.15, 0.2) is 11.5 Å². The zero-order chi connectivity index (χ0) is 21.9. The van der Waals surface area contributed by atoms with Crippen LogP contribution in [0.2, 0.25) is 0 Å². The fourth-order valence-electron chi connectivity index (χ4n) is 4.12. The molecule has 1 fully saturated rings. The Morgan fingerprint density at radius 2 is 1.62 bits per heavy atom. The molecule has 2 aromatic heterocycles. The zero-order valence-corrected chi connectivity index (χ0v) is 18.1. The largest absolute Gasteiger partial charge is 0.306 e. The predicted molar refractivity (Wildman–Crippen MR) is 125 cm³/mol. The molecule has 7 nitrogen and oxygen atoms in total. The molecule has 0 saturated carbocycles. The maximum Gasteiger partial charge on any atom is 0.277 e. The first-order valence-corrected chi connectivity index (χ1v) is 10.9. The Hall–Kier alpha value is -3.71. The summed E-state index contributed by atoms with van der Waals surface area (Å²) in [4.78, 5) is 15.4. The van der Waals surface area contributed by atoms with Crippen molar-refractivity contribution in [2.24, 2.45) is 0 Å². The molecule has 5 rings (SSSR count). The van der Waals surface area contributed by atoms with E-state index in [0.29, 0.717) is 17.6 Å². The molecule has 0 bridgehead atoms. The number of likely N-dealkylation sites (tertiary alicyclic amines) is 1. The van der Waals surface area contributed by atoms with Crippen LogP contribution >= 0.6 is 0 Å². The lowest BCUT2D eigenvalue weighted by atomic mass is 10.1. The summed E-state index contributed by atoms with van der Waals surface area (Å²) < 4.78 is 3.78. The quantitative estimate of drug-likeness (QED) is 0.518. The molecular weight excluding hydrogens is 400 g/mol. The third-order valence-corrected chi connectivity index (χ3v) is 5.92. The van der Waals surface area contributed by atoms with Gasteiger partial charge in [0, 0.05) is 17.8 Å². The van der Waals surface area contributed by atoms with Gasteiger partial charge >= 0.3 is 0 Å². The number of hydrogen-bond donors (Lipinski definition) is 1. The van der Waals surface area contributed by atoms with Crippen LogP contribution in [0.15, 0.2) is 79.0 Å². The maximum atomic E-state index is 13.0. The molecule has 1 saturated heterocycles. The highest BCUT2D eigenvalue weighted by Crippen LogP contribution is 2.25. The summed E-state index contributed by atoms with van der Waals surface area (Å²) in [5.41, 5.74) is 3.10. The molecule has 0 spiro atoms. The van der Waals surface area contributed by atoms with Crippen molar-refractivity contribution in [3.63, 3.8) is 0 Å². The van der Waals surface area contributed by atoms with Crippen molar-refractivity contribution in [2.45, 2.75) is 18.9 Å². The highest BCUT2D eigenvalue weighted by Gasteiger charge is 2.21. The number of rotatable bonds is 5. The van der Waals surface area contributed by atoms with Crippen LogP contribution < -0.4 is 5.32 Å². The van der Waals surface area contributed by atoms with Gasteiger partial charge < -0.3 is 10.2 Å². The summed E-state index contributed by atoms with van der Waals surface area (Å²) in [5, 5.41) is 12.1. The predicted octanol–water partition coefficient (Wildman–Crippen LogP) is 4.25. The number of amides is 1. The molecule has 3 heterocycles. The minimum Gasteiger partial charge on any atom is -0.306 e. The smallest absolute Gasteiger partial charge is 0.277 e. The maximum absolute atomic E-state index is 13.0. The van der Waals surface area contributed by atoms with Crippen molar-refractivity contribution in [2.75, 3.05) is 25.5 Å². The van der Waals surface area contributed by atoms with Gasteiger partial charge in [0.1, 0.15) is 0 Å². The number of nitrogens with one attached hydrogen (secondary N) is 1. The summed E-state index contributed by atoms with van der Waals surface area (Å²) in [6, 6.07) is 23.8. The number of anilines is 1. The molecule has 0 aliphatic carbocycles. The standard InChI is InChI=1S/C25H26N6O/c1-29-15-12-20(13-16-29)30-17-14-24(28-30)26-25(32)22-18-23(19-8-4-2-5-9-19)31(27-22)21-10-6-3-7-11-21/h2-11,14,17-18,20H,12-13,15-16H2,1H3,(H,26,28,32). The summed E-state index contributed by atoms with van der Waals surface area (Å²) in [6.07, 6.45) is 4.07. The van der Waals surface area contributed by atoms with Crippen LogP contribution in [-0.4, -0.2) is 50.5 Å². The average Bonchev–Trinajstić information content (AvgIpc) is 3.48. The Balaban J connectivity index is 1.39. The van der Waals surface area contributed by atoms with Gasteiger partial charge in [0.25, 0.3) is 5.91 Å². The monoisotopic (exact) mass is 426 g/mol. The van der Waals surface area contributed by atoms with Gasteiger partial charge in [-0.25, -0.2) is 4.68 Å². The molecule has 32 heavy (non-hydrogen) atoms. The molecular formula is C25H26N6O. The first-order chi connectivity index (χ1) is 15.7. The van der Waals surface area contributed by atoms with Crippen molar-refractivity contribution in [1.29, 1.82) is 0 Å². The van der Waals surface area contributed by atoms with Crippen LogP contribution in [0, 0.1) is 0 Å². The summed E-state index contributed by atoms with van der Waals surface area (Å²) in [5.74, 6) is 0.273. The Morgan fingerprint density at radius 1 is 0.938 bits per heavy atom. The van der Waals surface area contributed by atoms with Crippen molar-refractivity contribution < 1.29 is 4.79 Å². The lowest BCUT2D eigenvalue weighted by Crippen LogP contribution is -2.31. The van der Waals surface area contributed by atoms with Gasteiger partial charge in [-0.1, -0.05) is 48.5 Å². The Kier molecular flexibility index (Phi) is 5.56. The molecule has 0 radical (unpaired) electrons. The van der Waals surface area contributed by atoms with Gasteiger partial charge in [-0.3, -0.25) is 9.48 Å². The van der Waals surface area contributed by atoms with Gasteiger partial charge in [0.05, 0.1) is 17.4 Å². The third kappa shape index (κ3) is 4.20. The lowest BCUT2D eigenvalue weighted by Gasteiger charge is -2.28. The van der Waals surface area contributed by atoms with Crippen LogP contribution in [0.5, 0.6) is 0 Å². The van der Waals surface area contributed by atoms with Crippen molar-refractivity contribution >= 4 is 11.7 Å². The van der Waals surface area contributed by atoms with Crippen LogP contribution in [0.3, 0.4) is 0 Å². The Bertz CT molecular complexity index is 1130. The van der Waals surface area contributed by atoms with Gasteiger partial charge in [0.2, 0.25) is 0 Å². The van der Waals surface area contributed by atoms with E-state index in [4.69, 9.17) is 0 Å². The SMILES string of the molecule is CN1CCC(n2ccc(NC(=O)c3cc(-c4ccccc4)n(-c4ccccc4)n3)n2)CC1. The molecule has 1 N–H and O–H groups in total. The van der Waals surface area contributed by atoms with E-state index in [9.17, 15) is 4.79 Å². The van der Waals surface area contributed by atoms with E-state index >= 15 is 0 Å². The topological polar surface area (TPSA) is 68.0 Å². The minimum absolute atomic E-state index is 0.273. The number of aromatic nitrogens is 4. The highest BCUT2D eigenvalue weighted by atomic mass is 16.2. The van der Waals surface area contributed by atoms with Gasteiger partial charge in [-0.05, 0) is 51.2 Å². The van der Waals surface area contributed by atoms with E-state index in [2.05, 4.69) is 27.5 Å². The number of hydrogen-bond acceptors (Lipinski definition) is 4. The van der Waals surface area contributed by atoms with E-state index in [1.807, 2.05) is 83.7 Å². The number of carbonyl (C=O) groups excluding carboxylic acids is 1. The molecule has 4 aromatic rings. The Morgan fingerprint density at radius 3 is 2.34 bits per heavy atom. The summed E-state index contributed by atoms with van der Waals surface area (Å²) in [7, 11) is 2.14. The summed E-state index contributed by atoms with van der Waals surface area (Å²) in [6.45, 7) is 2.12. The van der Waals surface area contributed by atoms with Gasteiger partial charge in [-0.15, -0.1) is 0 Å². The second kappa shape index (κ2) is 8.80. The molecule has 1 aliphatic heterocycles. The average molecular weight is 427 g/mol. The molecule has 0 atom stereocenters. The van der Waals surface area contributed by atoms with Crippen molar-refractivity contribution in [1.82, 2.24) is 24.5 Å². The molecule has 162 valence electrons. The second-order valence-electron chi connectivity index (χ2n) is 8.20. The fourth-order valence-corrected chi connectivity index (χ4v) is 4.12. The second-order valence-corrected chi connectivity index (χ2v) is 8.20. The van der Waals surface area contributed by atoms with Crippen LogP contribution in [0.25, 0.3) is 16.9 Å². The first-order valence-electron chi connectivity index (χ1n) is 10.9. The van der Waals surface area contributed by atoms with Crippen LogP contribution in [-0.2, 0) is 0 Å². The molecule has 2 aromatic carbocycles. The van der Waals surface area contributed by atoms with E-state index in [1.54, 1.807) is 4.68 Å². The first kappa shape index (κ1) is 20.2. The Labute approximate surface area is 187 Å². The molecule has 7 heteroatoms. The number of piperidine rings is 1. The number of para-hydroxylation sites is 1. The van der Waals surface area contributed by atoms with Gasteiger partial charge in [-0.2, -0.15) is 10.2 Å². The fraction of sp³-hybridized carbons (Fsp3) is 0.240. The normalized spacial score (nSPS) is 15.0. The van der Waals surface area contributed by atoms with E-state index in [1.165, 1.54) is 0 Å². The van der Waals surface area contributed by atoms with Crippen molar-refractivity contribution in [3.05, 3.63) is 84.7 Å². The van der Waals surface area contributed by atoms with E-state index in [0.717, 1.165) is 42.9 Å². The van der Waals surface area contributed by atoms with E-state index < -0.39 is 0 Å². The third-order valence-electron chi connectivity index (χ3n) is 5.92. The highest BCUT2D eigenvalue weighted by molar-refractivity contribution is 6.03. The minimum atomic E-state index is -0.273. The lowest BCUT2D eigenvalue weighted by molar-refractivity contribution is 0.102. The number of carbonyl (C=O) groups is 1. The zero-order valence-electron chi connectivity index (χ0n) is 18.1. The van der Waals surface area contributed by atoms with Crippen molar-refractivity contribution in [3.8, 4) is 16.9 Å². The molecule has 1 amide bonds. The molecule has 1 aliphatic rings.